The Morgan fingerprint density at radius 2 is 1.90 bits per heavy atom. The second-order valence-corrected chi connectivity index (χ2v) is 7.95. The lowest BCUT2D eigenvalue weighted by molar-refractivity contribution is -0.116. The van der Waals surface area contributed by atoms with Crippen LogP contribution in [-0.4, -0.2) is 37.7 Å². The third kappa shape index (κ3) is 3.60. The van der Waals surface area contributed by atoms with Gasteiger partial charge in [0.25, 0.3) is 5.56 Å². The number of imidazole rings is 1. The van der Waals surface area contributed by atoms with Crippen LogP contribution in [0.2, 0.25) is 5.02 Å². The lowest BCUT2D eigenvalue weighted by Crippen LogP contribution is -2.42. The molecule has 10 heteroatoms. The number of halogens is 1. The third-order valence-electron chi connectivity index (χ3n) is 5.43. The SMILES string of the molecule is Cn1cnc2c1c(=O)n(CC(=O)Nc1cc(Cl)ccc1N1CCCCC1)c(=O)n2C. The fourth-order valence-electron chi connectivity index (χ4n) is 3.89. The van der Waals surface area contributed by atoms with Gasteiger partial charge in [0, 0.05) is 32.2 Å². The summed E-state index contributed by atoms with van der Waals surface area (Å²) in [6.07, 6.45) is 4.83. The number of nitrogens with zero attached hydrogens (tertiary/aromatic N) is 5. The molecular formula is C20H23ClN6O3. The van der Waals surface area contributed by atoms with Crippen molar-refractivity contribution >= 4 is 40.0 Å². The molecule has 0 atom stereocenters. The summed E-state index contributed by atoms with van der Waals surface area (Å²) in [4.78, 5) is 44.6. The van der Waals surface area contributed by atoms with Crippen molar-refractivity contribution in [2.45, 2.75) is 25.8 Å². The highest BCUT2D eigenvalue weighted by atomic mass is 35.5. The van der Waals surface area contributed by atoms with Gasteiger partial charge in [0.15, 0.2) is 11.2 Å². The van der Waals surface area contributed by atoms with Crippen LogP contribution < -0.4 is 21.5 Å². The van der Waals surface area contributed by atoms with Gasteiger partial charge in [-0.1, -0.05) is 11.6 Å². The summed E-state index contributed by atoms with van der Waals surface area (Å²) in [5.74, 6) is -0.476. The van der Waals surface area contributed by atoms with E-state index in [0.717, 1.165) is 36.2 Å². The lowest BCUT2D eigenvalue weighted by Gasteiger charge is -2.30. The number of nitrogens with one attached hydrogen (secondary N) is 1. The average molecular weight is 431 g/mol. The zero-order chi connectivity index (χ0) is 21.4. The lowest BCUT2D eigenvalue weighted by atomic mass is 10.1. The van der Waals surface area contributed by atoms with Crippen LogP contribution >= 0.6 is 11.6 Å². The second kappa shape index (κ2) is 7.98. The van der Waals surface area contributed by atoms with Gasteiger partial charge in [0.05, 0.1) is 17.7 Å². The molecule has 1 fully saturated rings. The Morgan fingerprint density at radius 3 is 2.63 bits per heavy atom. The van der Waals surface area contributed by atoms with Crippen molar-refractivity contribution in [2.24, 2.45) is 14.1 Å². The Morgan fingerprint density at radius 1 is 1.17 bits per heavy atom. The van der Waals surface area contributed by atoms with Crippen LogP contribution in [0.3, 0.4) is 0 Å². The molecule has 1 amide bonds. The maximum absolute atomic E-state index is 12.8. The molecule has 3 heterocycles. The molecule has 0 spiro atoms. The van der Waals surface area contributed by atoms with Crippen LogP contribution in [0.25, 0.3) is 11.2 Å². The van der Waals surface area contributed by atoms with Crippen LogP contribution in [0, 0.1) is 0 Å². The number of piperidine rings is 1. The molecule has 0 radical (unpaired) electrons. The van der Waals surface area contributed by atoms with Gasteiger partial charge in [0.2, 0.25) is 5.91 Å². The van der Waals surface area contributed by atoms with Gasteiger partial charge in [-0.25, -0.2) is 14.3 Å². The van der Waals surface area contributed by atoms with Crippen LogP contribution in [0.5, 0.6) is 0 Å². The van der Waals surface area contributed by atoms with Crippen LogP contribution in [0.1, 0.15) is 19.3 Å². The Hall–Kier alpha value is -3.07. The van der Waals surface area contributed by atoms with E-state index in [-0.39, 0.29) is 11.2 Å². The predicted molar refractivity (Wildman–Crippen MR) is 116 cm³/mol. The molecule has 1 aliphatic heterocycles. The normalized spacial score (nSPS) is 14.3. The first kappa shape index (κ1) is 20.2. The number of amides is 1. The van der Waals surface area contributed by atoms with E-state index in [0.29, 0.717) is 10.7 Å². The molecule has 30 heavy (non-hydrogen) atoms. The first-order valence-corrected chi connectivity index (χ1v) is 10.2. The van der Waals surface area contributed by atoms with E-state index in [2.05, 4.69) is 15.2 Å². The van der Waals surface area contributed by atoms with Crippen LogP contribution in [0.4, 0.5) is 11.4 Å². The number of hydrogen-bond acceptors (Lipinski definition) is 5. The van der Waals surface area contributed by atoms with Crippen molar-refractivity contribution < 1.29 is 4.79 Å². The summed E-state index contributed by atoms with van der Waals surface area (Å²) >= 11 is 6.15. The average Bonchev–Trinajstić information content (AvgIpc) is 3.12. The van der Waals surface area contributed by atoms with Gasteiger partial charge in [-0.05, 0) is 37.5 Å². The number of carbonyl (C=O) groups excluding carboxylic acids is 1. The first-order chi connectivity index (χ1) is 14.4. The molecule has 0 bridgehead atoms. The zero-order valence-electron chi connectivity index (χ0n) is 16.9. The van der Waals surface area contributed by atoms with Gasteiger partial charge >= 0.3 is 5.69 Å². The molecule has 9 nitrogen and oxygen atoms in total. The highest BCUT2D eigenvalue weighted by Gasteiger charge is 2.19. The van der Waals surface area contributed by atoms with E-state index in [1.54, 1.807) is 19.2 Å². The Bertz CT molecular complexity index is 1240. The summed E-state index contributed by atoms with van der Waals surface area (Å²) in [5, 5.41) is 3.33. The molecule has 1 aromatic carbocycles. The quantitative estimate of drug-likeness (QED) is 0.680. The topological polar surface area (TPSA) is 94.2 Å². The van der Waals surface area contributed by atoms with Gasteiger partial charge in [-0.15, -0.1) is 0 Å². The van der Waals surface area contributed by atoms with Crippen molar-refractivity contribution in [3.05, 3.63) is 50.4 Å². The molecule has 0 unspecified atom stereocenters. The smallest absolute Gasteiger partial charge is 0.332 e. The van der Waals surface area contributed by atoms with Crippen LogP contribution in [0.15, 0.2) is 34.1 Å². The largest absolute Gasteiger partial charge is 0.370 e. The highest BCUT2D eigenvalue weighted by Crippen LogP contribution is 2.31. The number of benzene rings is 1. The van der Waals surface area contributed by atoms with E-state index in [9.17, 15) is 14.4 Å². The van der Waals surface area contributed by atoms with E-state index < -0.39 is 23.7 Å². The standard InChI is InChI=1S/C20H23ClN6O3/c1-24-12-22-18-17(24)19(29)27(20(30)25(18)2)11-16(28)23-14-10-13(21)6-7-15(14)26-8-4-3-5-9-26/h6-7,10,12H,3-5,8-9,11H2,1-2H3,(H,23,28). The Balaban J connectivity index is 1.65. The molecule has 4 rings (SSSR count). The minimum absolute atomic E-state index is 0.265. The minimum Gasteiger partial charge on any atom is -0.370 e. The molecule has 1 aliphatic rings. The summed E-state index contributed by atoms with van der Waals surface area (Å²) in [6, 6.07) is 5.36. The van der Waals surface area contributed by atoms with E-state index >= 15 is 0 Å². The molecule has 158 valence electrons. The maximum Gasteiger partial charge on any atom is 0.332 e. The number of anilines is 2. The number of rotatable bonds is 4. The minimum atomic E-state index is -0.594. The van der Waals surface area contributed by atoms with E-state index in [1.807, 2.05) is 6.07 Å². The van der Waals surface area contributed by atoms with Crippen molar-refractivity contribution in [3.63, 3.8) is 0 Å². The summed E-state index contributed by atoms with van der Waals surface area (Å²) < 4.78 is 3.73. The molecule has 1 N–H and O–H groups in total. The Kier molecular flexibility index (Phi) is 5.38. The number of aromatic nitrogens is 4. The second-order valence-electron chi connectivity index (χ2n) is 7.52. The van der Waals surface area contributed by atoms with Crippen molar-refractivity contribution in [1.29, 1.82) is 0 Å². The van der Waals surface area contributed by atoms with Crippen molar-refractivity contribution in [1.82, 2.24) is 18.7 Å². The van der Waals surface area contributed by atoms with Gasteiger partial charge < -0.3 is 14.8 Å². The molecular weight excluding hydrogens is 408 g/mol. The molecule has 1 saturated heterocycles. The summed E-state index contributed by atoms with van der Waals surface area (Å²) in [5.41, 5.74) is 0.859. The number of aryl methyl sites for hydroxylation is 2. The highest BCUT2D eigenvalue weighted by molar-refractivity contribution is 6.31. The molecule has 3 aromatic rings. The third-order valence-corrected chi connectivity index (χ3v) is 5.67. The fraction of sp³-hybridized carbons (Fsp3) is 0.400. The zero-order valence-corrected chi connectivity index (χ0v) is 17.6. The maximum atomic E-state index is 12.8. The van der Waals surface area contributed by atoms with Gasteiger partial charge in [0.1, 0.15) is 6.54 Å². The summed E-state index contributed by atoms with van der Waals surface area (Å²) in [6.45, 7) is 1.40. The monoisotopic (exact) mass is 430 g/mol. The van der Waals surface area contributed by atoms with Crippen LogP contribution in [-0.2, 0) is 25.4 Å². The molecule has 0 aliphatic carbocycles. The van der Waals surface area contributed by atoms with Crippen molar-refractivity contribution in [2.75, 3.05) is 23.3 Å². The van der Waals surface area contributed by atoms with Gasteiger partial charge in [-0.2, -0.15) is 0 Å². The summed E-state index contributed by atoms with van der Waals surface area (Å²) in [7, 11) is 3.19. The number of carbonyl (C=O) groups is 1. The van der Waals surface area contributed by atoms with Crippen molar-refractivity contribution in [3.8, 4) is 0 Å². The number of fused-ring (bicyclic) bond motifs is 1. The molecule has 0 saturated carbocycles. The first-order valence-electron chi connectivity index (χ1n) is 9.82. The van der Waals surface area contributed by atoms with E-state index in [4.69, 9.17) is 11.6 Å². The predicted octanol–water partition coefficient (Wildman–Crippen LogP) is 1.72. The van der Waals surface area contributed by atoms with Gasteiger partial charge in [-0.3, -0.25) is 14.2 Å². The molecule has 2 aromatic heterocycles. The Labute approximate surface area is 177 Å². The van der Waals surface area contributed by atoms with E-state index in [1.165, 1.54) is 28.9 Å². The fourth-order valence-corrected chi connectivity index (χ4v) is 4.06. The number of hydrogen-bond donors (Lipinski definition) is 1.